The molecule has 6 nitrogen and oxygen atoms in total. The van der Waals surface area contributed by atoms with Gasteiger partial charge >= 0.3 is 0 Å². The van der Waals surface area contributed by atoms with Gasteiger partial charge in [-0.05, 0) is 31.5 Å². The van der Waals surface area contributed by atoms with Crippen molar-refractivity contribution in [2.24, 2.45) is 0 Å². The van der Waals surface area contributed by atoms with E-state index in [4.69, 9.17) is 0 Å². The number of likely N-dealkylation sites (N-methyl/N-ethyl adjacent to an activating group) is 1. The molecule has 2 aromatic rings. The Balaban J connectivity index is 1.93. The quantitative estimate of drug-likeness (QED) is 0.873. The maximum atomic E-state index is 12.9. The molecule has 0 aliphatic carbocycles. The van der Waals surface area contributed by atoms with Crippen LogP contribution in [0.15, 0.2) is 29.4 Å². The highest BCUT2D eigenvalue weighted by Gasteiger charge is 2.29. The fourth-order valence-electron chi connectivity index (χ4n) is 2.84. The fraction of sp³-hybridized carbons (Fsp3) is 0.500. The molecule has 0 saturated carbocycles. The van der Waals surface area contributed by atoms with Crippen molar-refractivity contribution in [3.05, 3.63) is 24.5 Å². The van der Waals surface area contributed by atoms with E-state index in [1.807, 2.05) is 6.92 Å². The Morgan fingerprint density at radius 3 is 3.05 bits per heavy atom. The summed E-state index contributed by atoms with van der Waals surface area (Å²) in [6.45, 7) is 3.83. The zero-order valence-corrected chi connectivity index (χ0v) is 12.9. The number of aromatic amines is 1. The Morgan fingerprint density at radius 2 is 2.33 bits per heavy atom. The topological polar surface area (TPSA) is 78.1 Å². The number of hydrogen-bond donors (Lipinski definition) is 2. The number of aromatic nitrogens is 2. The Bertz CT molecular complexity index is 719. The average Bonchev–Trinajstić information content (AvgIpc) is 3.13. The molecular weight excluding hydrogens is 288 g/mol. The lowest BCUT2D eigenvalue weighted by molar-refractivity contribution is 0.383. The number of pyridine rings is 1. The van der Waals surface area contributed by atoms with Gasteiger partial charge < -0.3 is 10.3 Å². The van der Waals surface area contributed by atoms with E-state index in [0.29, 0.717) is 29.0 Å². The summed E-state index contributed by atoms with van der Waals surface area (Å²) in [4.78, 5) is 7.40. The molecule has 2 aromatic heterocycles. The molecule has 0 amide bonds. The van der Waals surface area contributed by atoms with Gasteiger partial charge in [0.05, 0.1) is 0 Å². The van der Waals surface area contributed by atoms with Crippen molar-refractivity contribution in [3.63, 3.8) is 0 Å². The summed E-state index contributed by atoms with van der Waals surface area (Å²) in [5.41, 5.74) is 0.603. The maximum Gasteiger partial charge on any atom is 0.245 e. The molecule has 1 aliphatic heterocycles. The van der Waals surface area contributed by atoms with Crippen LogP contribution in [0, 0.1) is 0 Å². The minimum absolute atomic E-state index is 0.253. The predicted octanol–water partition coefficient (Wildman–Crippen LogP) is 1.33. The van der Waals surface area contributed by atoms with Crippen molar-refractivity contribution >= 4 is 21.1 Å². The van der Waals surface area contributed by atoms with E-state index < -0.39 is 10.0 Å². The Labute approximate surface area is 124 Å². The molecule has 7 heteroatoms. The summed E-state index contributed by atoms with van der Waals surface area (Å²) in [6, 6.07) is 3.79. The van der Waals surface area contributed by atoms with Gasteiger partial charge in [0.1, 0.15) is 10.5 Å². The van der Waals surface area contributed by atoms with Crippen molar-refractivity contribution < 1.29 is 8.42 Å². The number of fused-ring (bicyclic) bond motifs is 1. The molecule has 1 unspecified atom stereocenters. The third-order valence-corrected chi connectivity index (χ3v) is 5.95. The lowest BCUT2D eigenvalue weighted by atomic mass is 10.2. The Morgan fingerprint density at radius 1 is 1.48 bits per heavy atom. The molecule has 1 aliphatic rings. The van der Waals surface area contributed by atoms with Crippen molar-refractivity contribution in [2.45, 2.75) is 30.7 Å². The number of nitrogens with zero attached hydrogens (tertiary/aromatic N) is 2. The number of rotatable bonds is 5. The van der Waals surface area contributed by atoms with Crippen LogP contribution in [0.2, 0.25) is 0 Å². The van der Waals surface area contributed by atoms with Gasteiger partial charge in [0.25, 0.3) is 0 Å². The molecule has 1 atom stereocenters. The van der Waals surface area contributed by atoms with Crippen LogP contribution in [0.1, 0.15) is 19.8 Å². The van der Waals surface area contributed by atoms with E-state index in [1.165, 1.54) is 6.20 Å². The summed E-state index contributed by atoms with van der Waals surface area (Å²) in [5, 5.41) is 4.00. The van der Waals surface area contributed by atoms with E-state index in [9.17, 15) is 8.42 Å². The van der Waals surface area contributed by atoms with E-state index in [-0.39, 0.29) is 6.04 Å². The number of sulfonamides is 1. The molecule has 1 fully saturated rings. The van der Waals surface area contributed by atoms with Crippen molar-refractivity contribution in [1.82, 2.24) is 19.6 Å². The Kier molecular flexibility index (Phi) is 3.97. The summed E-state index contributed by atoms with van der Waals surface area (Å²) in [5.74, 6) is 0. The van der Waals surface area contributed by atoms with Crippen LogP contribution >= 0.6 is 0 Å². The molecular formula is C14H20N4O2S. The smallest absolute Gasteiger partial charge is 0.245 e. The fourth-order valence-corrected chi connectivity index (χ4v) is 4.48. The van der Waals surface area contributed by atoms with E-state index in [0.717, 1.165) is 19.4 Å². The highest BCUT2D eigenvalue weighted by molar-refractivity contribution is 7.89. The van der Waals surface area contributed by atoms with Crippen LogP contribution in [-0.2, 0) is 10.0 Å². The molecule has 21 heavy (non-hydrogen) atoms. The molecule has 0 radical (unpaired) electrons. The van der Waals surface area contributed by atoms with Crippen molar-refractivity contribution in [1.29, 1.82) is 0 Å². The van der Waals surface area contributed by atoms with Gasteiger partial charge in [-0.15, -0.1) is 0 Å². The normalized spacial score (nSPS) is 19.6. The second kappa shape index (κ2) is 5.75. The van der Waals surface area contributed by atoms with Gasteiger partial charge in [-0.2, -0.15) is 4.31 Å². The lowest BCUT2D eigenvalue weighted by Gasteiger charge is -2.23. The van der Waals surface area contributed by atoms with Gasteiger partial charge in [-0.1, -0.05) is 6.92 Å². The summed E-state index contributed by atoms with van der Waals surface area (Å²) < 4.78 is 27.3. The first-order chi connectivity index (χ1) is 10.1. The number of hydrogen-bond acceptors (Lipinski definition) is 4. The lowest BCUT2D eigenvalue weighted by Crippen LogP contribution is -2.40. The highest BCUT2D eigenvalue weighted by Crippen LogP contribution is 2.24. The van der Waals surface area contributed by atoms with E-state index in [2.05, 4.69) is 15.3 Å². The van der Waals surface area contributed by atoms with Gasteiger partial charge in [-0.3, -0.25) is 0 Å². The number of H-pyrrole nitrogens is 1. The van der Waals surface area contributed by atoms with E-state index >= 15 is 0 Å². The minimum atomic E-state index is -3.50. The van der Waals surface area contributed by atoms with Crippen LogP contribution in [0.5, 0.6) is 0 Å². The second-order valence-electron chi connectivity index (χ2n) is 5.30. The first kappa shape index (κ1) is 14.5. The molecule has 3 rings (SSSR count). The van der Waals surface area contributed by atoms with E-state index in [1.54, 1.807) is 22.6 Å². The van der Waals surface area contributed by atoms with Gasteiger partial charge in [0.15, 0.2) is 0 Å². The summed E-state index contributed by atoms with van der Waals surface area (Å²) in [7, 11) is -3.50. The molecule has 114 valence electrons. The largest absolute Gasteiger partial charge is 0.345 e. The standard InChI is InChI=1S/C14H20N4O2S/c1-2-18(10-11-5-3-7-15-11)21(19,20)13-9-17-14-12(13)6-4-8-16-14/h4,6,8-9,11,15H,2-3,5,7,10H2,1H3,(H,16,17). The van der Waals surface area contributed by atoms with Crippen LogP contribution in [0.3, 0.4) is 0 Å². The van der Waals surface area contributed by atoms with Crippen LogP contribution in [0.25, 0.3) is 11.0 Å². The van der Waals surface area contributed by atoms with Crippen LogP contribution in [-0.4, -0.2) is 48.4 Å². The first-order valence-corrected chi connectivity index (χ1v) is 8.72. The molecule has 0 bridgehead atoms. The minimum Gasteiger partial charge on any atom is -0.345 e. The zero-order valence-electron chi connectivity index (χ0n) is 12.0. The maximum absolute atomic E-state index is 12.9. The first-order valence-electron chi connectivity index (χ1n) is 7.28. The average molecular weight is 308 g/mol. The molecule has 0 aromatic carbocycles. The molecule has 0 spiro atoms. The highest BCUT2D eigenvalue weighted by atomic mass is 32.2. The summed E-state index contributed by atoms with van der Waals surface area (Å²) >= 11 is 0. The third-order valence-electron chi connectivity index (χ3n) is 3.97. The van der Waals surface area contributed by atoms with Crippen molar-refractivity contribution in [2.75, 3.05) is 19.6 Å². The summed E-state index contributed by atoms with van der Waals surface area (Å²) in [6.07, 6.45) is 5.33. The van der Waals surface area contributed by atoms with Gasteiger partial charge in [0.2, 0.25) is 10.0 Å². The monoisotopic (exact) mass is 308 g/mol. The van der Waals surface area contributed by atoms with Crippen LogP contribution < -0.4 is 5.32 Å². The predicted molar refractivity (Wildman–Crippen MR) is 81.6 cm³/mol. The molecule has 2 N–H and O–H groups in total. The van der Waals surface area contributed by atoms with Crippen molar-refractivity contribution in [3.8, 4) is 0 Å². The molecule has 1 saturated heterocycles. The SMILES string of the molecule is CCN(CC1CCCN1)S(=O)(=O)c1c[nH]c2ncccc12. The van der Waals surface area contributed by atoms with Crippen LogP contribution in [0.4, 0.5) is 0 Å². The second-order valence-corrected chi connectivity index (χ2v) is 7.21. The third kappa shape index (κ3) is 2.68. The molecule has 3 heterocycles. The zero-order chi connectivity index (χ0) is 14.9. The number of nitrogens with one attached hydrogen (secondary N) is 2. The van der Waals surface area contributed by atoms with Gasteiger partial charge in [-0.25, -0.2) is 13.4 Å². The van der Waals surface area contributed by atoms with Gasteiger partial charge in [0, 0.05) is 36.9 Å². The Hall–Kier alpha value is -1.44.